The van der Waals surface area contributed by atoms with Crippen LogP contribution in [0, 0.1) is 0 Å². The summed E-state index contributed by atoms with van der Waals surface area (Å²) < 4.78 is 0. The zero-order valence-electron chi connectivity index (χ0n) is 30.5. The molecular weight excluding hydrogens is 651 g/mol. The summed E-state index contributed by atoms with van der Waals surface area (Å²) in [7, 11) is 0. The van der Waals surface area contributed by atoms with Crippen molar-refractivity contribution in [3.05, 3.63) is 211 Å². The monoisotopic (exact) mass is 689 g/mol. The first kappa shape index (κ1) is 32.0. The topological polar surface area (TPSA) is 3.24 Å². The quantitative estimate of drug-likeness (QED) is 0.168. The van der Waals surface area contributed by atoms with Crippen LogP contribution in [0.25, 0.3) is 66.1 Å². The number of benzene rings is 9. The van der Waals surface area contributed by atoms with Gasteiger partial charge in [-0.1, -0.05) is 184 Å². The Hall–Kier alpha value is -6.70. The molecule has 0 heterocycles. The molecule has 9 aromatic rings. The molecule has 1 heteroatoms. The Bertz CT molecular complexity index is 2830. The van der Waals surface area contributed by atoms with Gasteiger partial charge in [-0.15, -0.1) is 0 Å². The fourth-order valence-corrected chi connectivity index (χ4v) is 8.83. The lowest BCUT2D eigenvalue weighted by Gasteiger charge is -2.29. The fraction of sp³-hybridized carbons (Fsp3) is 0.0566. The summed E-state index contributed by atoms with van der Waals surface area (Å²) in [4.78, 5) is 2.46. The Morgan fingerprint density at radius 1 is 0.352 bits per heavy atom. The maximum Gasteiger partial charge on any atom is 0.0540 e. The van der Waals surface area contributed by atoms with Crippen LogP contribution in [0.15, 0.2) is 200 Å². The number of hydrogen-bond donors (Lipinski definition) is 0. The summed E-state index contributed by atoms with van der Waals surface area (Å²) >= 11 is 0. The first-order valence-electron chi connectivity index (χ1n) is 18.9. The van der Waals surface area contributed by atoms with Crippen LogP contribution in [0.5, 0.6) is 0 Å². The average Bonchev–Trinajstić information content (AvgIpc) is 3.47. The molecule has 0 unspecified atom stereocenters. The lowest BCUT2D eigenvalue weighted by atomic mass is 9.82. The molecule has 256 valence electrons. The normalized spacial score (nSPS) is 12.8. The van der Waals surface area contributed by atoms with Crippen molar-refractivity contribution in [1.82, 2.24) is 0 Å². The maximum atomic E-state index is 2.46. The van der Waals surface area contributed by atoms with Gasteiger partial charge in [0.2, 0.25) is 0 Å². The number of nitrogens with zero attached hydrogens (tertiary/aromatic N) is 1. The SMILES string of the molecule is CC1(C)c2ccc(N(c3ccc(-c4cccc5ccccc45)cc3)c3ccc(-c4ccccc4)c4ccccc34)cc2-c2c(-c3ccccc3)cccc21. The van der Waals surface area contributed by atoms with E-state index in [1.807, 2.05) is 0 Å². The van der Waals surface area contributed by atoms with Gasteiger partial charge in [0.1, 0.15) is 0 Å². The van der Waals surface area contributed by atoms with E-state index >= 15 is 0 Å². The van der Waals surface area contributed by atoms with E-state index in [2.05, 4.69) is 219 Å². The van der Waals surface area contributed by atoms with Crippen LogP contribution < -0.4 is 4.90 Å². The molecule has 0 aliphatic heterocycles. The molecule has 0 saturated carbocycles. The first-order chi connectivity index (χ1) is 26.6. The van der Waals surface area contributed by atoms with Gasteiger partial charge in [0.05, 0.1) is 5.69 Å². The number of rotatable bonds is 6. The Labute approximate surface area is 317 Å². The van der Waals surface area contributed by atoms with Crippen molar-refractivity contribution in [2.45, 2.75) is 19.3 Å². The third-order valence-corrected chi connectivity index (χ3v) is 11.5. The molecule has 1 aliphatic rings. The minimum Gasteiger partial charge on any atom is -0.310 e. The van der Waals surface area contributed by atoms with Crippen LogP contribution in [0.4, 0.5) is 17.1 Å². The first-order valence-corrected chi connectivity index (χ1v) is 18.9. The molecule has 54 heavy (non-hydrogen) atoms. The minimum atomic E-state index is -0.122. The third-order valence-electron chi connectivity index (χ3n) is 11.5. The summed E-state index contributed by atoms with van der Waals surface area (Å²) in [6.07, 6.45) is 0. The predicted octanol–water partition coefficient (Wildman–Crippen LogP) is 14.8. The molecule has 0 saturated heterocycles. The molecule has 1 nitrogen and oxygen atoms in total. The van der Waals surface area contributed by atoms with E-state index in [4.69, 9.17) is 0 Å². The van der Waals surface area contributed by atoms with Crippen LogP contribution in [-0.2, 0) is 5.41 Å². The highest BCUT2D eigenvalue weighted by molar-refractivity contribution is 6.07. The molecule has 1 aliphatic carbocycles. The van der Waals surface area contributed by atoms with E-state index in [-0.39, 0.29) is 5.41 Å². The minimum absolute atomic E-state index is 0.122. The second kappa shape index (κ2) is 12.8. The molecule has 0 atom stereocenters. The molecule has 0 radical (unpaired) electrons. The standard InChI is InChI=1S/C53H39N/c1-53(2)49-33-31-41(35-48(49)52-45(25-14-26-50(52)53)38-17-7-4-8-18-38)54(40-29-27-39(28-30-40)43-24-13-20-37-19-9-10-21-42(37)43)51-34-32-44(36-15-5-3-6-16-36)46-22-11-12-23-47(46)51/h3-35H,1-2H3. The van der Waals surface area contributed by atoms with Gasteiger partial charge >= 0.3 is 0 Å². The van der Waals surface area contributed by atoms with Gasteiger partial charge in [-0.2, -0.15) is 0 Å². The van der Waals surface area contributed by atoms with Crippen LogP contribution in [0.3, 0.4) is 0 Å². The summed E-state index contributed by atoms with van der Waals surface area (Å²) in [6, 6.07) is 73.4. The molecule has 9 aromatic carbocycles. The van der Waals surface area contributed by atoms with Crippen molar-refractivity contribution in [3.63, 3.8) is 0 Å². The summed E-state index contributed by atoms with van der Waals surface area (Å²) in [5.41, 5.74) is 16.1. The van der Waals surface area contributed by atoms with Crippen molar-refractivity contribution in [1.29, 1.82) is 0 Å². The molecule has 0 amide bonds. The van der Waals surface area contributed by atoms with Crippen LogP contribution >= 0.6 is 0 Å². The second-order valence-electron chi connectivity index (χ2n) is 14.9. The Kier molecular flexibility index (Phi) is 7.56. The van der Waals surface area contributed by atoms with Crippen LogP contribution in [0.2, 0.25) is 0 Å². The lowest BCUT2D eigenvalue weighted by molar-refractivity contribution is 0.660. The molecule has 0 spiro atoms. The van der Waals surface area contributed by atoms with Crippen molar-refractivity contribution in [2.75, 3.05) is 4.90 Å². The molecular formula is C53H39N. The van der Waals surface area contributed by atoms with Crippen molar-refractivity contribution in [2.24, 2.45) is 0 Å². The van der Waals surface area contributed by atoms with E-state index in [0.717, 1.165) is 17.1 Å². The fourth-order valence-electron chi connectivity index (χ4n) is 8.83. The second-order valence-corrected chi connectivity index (χ2v) is 14.9. The Morgan fingerprint density at radius 3 is 1.67 bits per heavy atom. The summed E-state index contributed by atoms with van der Waals surface area (Å²) in [5.74, 6) is 0. The molecule has 10 rings (SSSR count). The molecule has 0 aromatic heterocycles. The van der Waals surface area contributed by atoms with Crippen molar-refractivity contribution < 1.29 is 0 Å². The lowest BCUT2D eigenvalue weighted by Crippen LogP contribution is -2.15. The Balaban J connectivity index is 1.19. The van der Waals surface area contributed by atoms with Gasteiger partial charge in [-0.25, -0.2) is 0 Å². The van der Waals surface area contributed by atoms with Crippen LogP contribution in [0.1, 0.15) is 25.0 Å². The molecule has 0 fully saturated rings. The highest BCUT2D eigenvalue weighted by Gasteiger charge is 2.37. The zero-order chi connectivity index (χ0) is 36.2. The maximum absolute atomic E-state index is 2.46. The van der Waals surface area contributed by atoms with Gasteiger partial charge in [0.25, 0.3) is 0 Å². The van der Waals surface area contributed by atoms with Gasteiger partial charge in [-0.3, -0.25) is 0 Å². The van der Waals surface area contributed by atoms with Gasteiger partial charge in [-0.05, 0) is 102 Å². The third kappa shape index (κ3) is 5.16. The molecule has 0 bridgehead atoms. The van der Waals surface area contributed by atoms with E-state index in [9.17, 15) is 0 Å². The Morgan fingerprint density at radius 2 is 0.907 bits per heavy atom. The highest BCUT2D eigenvalue weighted by atomic mass is 15.1. The largest absolute Gasteiger partial charge is 0.310 e. The van der Waals surface area contributed by atoms with Crippen LogP contribution in [-0.4, -0.2) is 0 Å². The van der Waals surface area contributed by atoms with Gasteiger partial charge in [0, 0.05) is 22.2 Å². The predicted molar refractivity (Wildman–Crippen MR) is 230 cm³/mol. The van der Waals surface area contributed by atoms with E-state index in [0.29, 0.717) is 0 Å². The van der Waals surface area contributed by atoms with Gasteiger partial charge in [0.15, 0.2) is 0 Å². The summed E-state index contributed by atoms with van der Waals surface area (Å²) in [5, 5.41) is 4.96. The number of hydrogen-bond acceptors (Lipinski definition) is 1. The number of fused-ring (bicyclic) bond motifs is 5. The van der Waals surface area contributed by atoms with E-state index < -0.39 is 0 Å². The van der Waals surface area contributed by atoms with Crippen molar-refractivity contribution >= 4 is 38.6 Å². The van der Waals surface area contributed by atoms with Gasteiger partial charge < -0.3 is 4.90 Å². The van der Waals surface area contributed by atoms with Crippen molar-refractivity contribution in [3.8, 4) is 44.5 Å². The highest BCUT2D eigenvalue weighted by Crippen LogP contribution is 2.54. The smallest absolute Gasteiger partial charge is 0.0540 e. The summed E-state index contributed by atoms with van der Waals surface area (Å²) in [6.45, 7) is 4.73. The molecule has 0 N–H and O–H groups in total. The zero-order valence-corrected chi connectivity index (χ0v) is 30.5. The average molecular weight is 690 g/mol. The van der Waals surface area contributed by atoms with E-state index in [1.54, 1.807) is 0 Å². The van der Waals surface area contributed by atoms with E-state index in [1.165, 1.54) is 77.2 Å². The number of anilines is 3.